The molecule has 0 N–H and O–H groups in total. The number of nitrogens with zero attached hydrogens (tertiary/aromatic N) is 3. The van der Waals surface area contributed by atoms with Gasteiger partial charge in [0.15, 0.2) is 0 Å². The average molecular weight is 320 g/mol. The molecule has 2 aromatic heterocycles. The molecule has 0 aliphatic rings. The first-order chi connectivity index (χ1) is 9.85. The molecule has 2 rings (SSSR count). The van der Waals surface area contributed by atoms with Crippen LogP contribution in [0.3, 0.4) is 0 Å². The molecule has 0 saturated heterocycles. The van der Waals surface area contributed by atoms with E-state index in [4.69, 9.17) is 21.1 Å². The van der Waals surface area contributed by atoms with Crippen LogP contribution in [-0.4, -0.2) is 29.2 Å². The predicted molar refractivity (Wildman–Crippen MR) is 68.4 cm³/mol. The van der Waals surface area contributed by atoms with Crippen LogP contribution in [0.5, 0.6) is 11.9 Å². The van der Waals surface area contributed by atoms with E-state index in [1.54, 1.807) is 0 Å². The molecule has 2 aromatic rings. The first-order valence-corrected chi connectivity index (χ1v) is 5.93. The third-order valence-corrected chi connectivity index (χ3v) is 2.68. The van der Waals surface area contributed by atoms with Crippen LogP contribution in [0.4, 0.5) is 13.2 Å². The lowest BCUT2D eigenvalue weighted by atomic mass is 10.2. The normalized spacial score (nSPS) is 11.3. The summed E-state index contributed by atoms with van der Waals surface area (Å²) in [5.41, 5.74) is -0.983. The largest absolute Gasteiger partial charge is 0.480 e. The highest BCUT2D eigenvalue weighted by Crippen LogP contribution is 2.34. The van der Waals surface area contributed by atoms with Crippen molar-refractivity contribution in [3.63, 3.8) is 0 Å². The molecular formula is C12H9ClF3N3O2. The summed E-state index contributed by atoms with van der Waals surface area (Å²) in [7, 11) is 2.67. The van der Waals surface area contributed by atoms with Gasteiger partial charge < -0.3 is 9.47 Å². The van der Waals surface area contributed by atoms with E-state index in [9.17, 15) is 13.2 Å². The molecule has 9 heteroatoms. The summed E-state index contributed by atoms with van der Waals surface area (Å²) in [4.78, 5) is 11.2. The van der Waals surface area contributed by atoms with Crippen LogP contribution in [0.15, 0.2) is 18.3 Å². The Morgan fingerprint density at radius 2 is 1.81 bits per heavy atom. The van der Waals surface area contributed by atoms with Crippen molar-refractivity contribution in [3.8, 4) is 23.1 Å². The highest BCUT2D eigenvalue weighted by atomic mass is 35.5. The first kappa shape index (κ1) is 15.3. The van der Waals surface area contributed by atoms with E-state index >= 15 is 0 Å². The maximum absolute atomic E-state index is 12.8. The van der Waals surface area contributed by atoms with Gasteiger partial charge in [0, 0.05) is 11.2 Å². The van der Waals surface area contributed by atoms with Crippen LogP contribution in [-0.2, 0) is 6.18 Å². The first-order valence-electron chi connectivity index (χ1n) is 5.55. The molecule has 0 aliphatic carbocycles. The second-order valence-corrected chi connectivity index (χ2v) is 4.27. The van der Waals surface area contributed by atoms with Crippen molar-refractivity contribution in [3.05, 3.63) is 29.0 Å². The Balaban J connectivity index is 2.59. The van der Waals surface area contributed by atoms with Gasteiger partial charge in [-0.15, -0.1) is 0 Å². The zero-order chi connectivity index (χ0) is 15.6. The third-order valence-electron chi connectivity index (χ3n) is 2.46. The molecule has 0 saturated carbocycles. The molecule has 0 spiro atoms. The number of aromatic nitrogens is 3. The van der Waals surface area contributed by atoms with Gasteiger partial charge in [0.25, 0.3) is 0 Å². The average Bonchev–Trinajstić information content (AvgIpc) is 2.45. The maximum atomic E-state index is 12.8. The fraction of sp³-hybridized carbons (Fsp3) is 0.250. The molecule has 0 bridgehead atoms. The lowest BCUT2D eigenvalue weighted by molar-refractivity contribution is -0.141. The van der Waals surface area contributed by atoms with Gasteiger partial charge in [0.1, 0.15) is 5.69 Å². The summed E-state index contributed by atoms with van der Waals surface area (Å²) >= 11 is 5.71. The minimum Gasteiger partial charge on any atom is -0.480 e. The molecule has 5 nitrogen and oxygen atoms in total. The summed E-state index contributed by atoms with van der Waals surface area (Å²) in [6.07, 6.45) is -3.36. The second kappa shape index (κ2) is 5.72. The lowest BCUT2D eigenvalue weighted by Crippen LogP contribution is -2.09. The Hall–Kier alpha value is -2.09. The van der Waals surface area contributed by atoms with E-state index in [2.05, 4.69) is 15.0 Å². The molecule has 2 heterocycles. The summed E-state index contributed by atoms with van der Waals surface area (Å²) < 4.78 is 48.1. The van der Waals surface area contributed by atoms with Crippen molar-refractivity contribution in [2.75, 3.05) is 14.2 Å². The Morgan fingerprint density at radius 3 is 2.38 bits per heavy atom. The molecule has 0 atom stereocenters. The van der Waals surface area contributed by atoms with Crippen molar-refractivity contribution >= 4 is 11.6 Å². The monoisotopic (exact) mass is 319 g/mol. The van der Waals surface area contributed by atoms with Gasteiger partial charge in [-0.3, -0.25) is 0 Å². The lowest BCUT2D eigenvalue weighted by Gasteiger charge is -2.11. The SMILES string of the molecule is COc1ncc(-c2cc(Cl)cc(C(F)(F)F)n2)c(OC)n1. The number of methoxy groups -OCH3 is 2. The maximum Gasteiger partial charge on any atom is 0.433 e. The van der Waals surface area contributed by atoms with E-state index in [-0.39, 0.29) is 28.2 Å². The molecular weight excluding hydrogens is 311 g/mol. The van der Waals surface area contributed by atoms with Crippen LogP contribution in [0, 0.1) is 0 Å². The van der Waals surface area contributed by atoms with E-state index in [1.807, 2.05) is 0 Å². The topological polar surface area (TPSA) is 57.1 Å². The van der Waals surface area contributed by atoms with Crippen LogP contribution in [0.1, 0.15) is 5.69 Å². The van der Waals surface area contributed by atoms with Gasteiger partial charge in [-0.05, 0) is 12.1 Å². The Labute approximate surface area is 122 Å². The molecule has 0 radical (unpaired) electrons. The Bertz CT molecular complexity index is 665. The number of ether oxygens (including phenoxy) is 2. The summed E-state index contributed by atoms with van der Waals surface area (Å²) in [5, 5.41) is -0.106. The van der Waals surface area contributed by atoms with E-state index < -0.39 is 11.9 Å². The van der Waals surface area contributed by atoms with Crippen molar-refractivity contribution in [1.82, 2.24) is 15.0 Å². The summed E-state index contributed by atoms with van der Waals surface area (Å²) in [6, 6.07) is 2.03. The van der Waals surface area contributed by atoms with Gasteiger partial charge >= 0.3 is 12.2 Å². The van der Waals surface area contributed by atoms with E-state index in [1.165, 1.54) is 26.5 Å². The fourth-order valence-electron chi connectivity index (χ4n) is 1.56. The minimum absolute atomic E-state index is 0.0219. The molecule has 112 valence electrons. The molecule has 0 fully saturated rings. The summed E-state index contributed by atoms with van der Waals surface area (Å²) in [6.45, 7) is 0. The number of pyridine rings is 1. The number of hydrogen-bond donors (Lipinski definition) is 0. The number of hydrogen-bond acceptors (Lipinski definition) is 5. The highest BCUT2D eigenvalue weighted by Gasteiger charge is 2.33. The van der Waals surface area contributed by atoms with Crippen LogP contribution < -0.4 is 9.47 Å². The van der Waals surface area contributed by atoms with E-state index in [0.717, 1.165) is 6.07 Å². The van der Waals surface area contributed by atoms with Crippen molar-refractivity contribution < 1.29 is 22.6 Å². The zero-order valence-corrected chi connectivity index (χ0v) is 11.7. The quantitative estimate of drug-likeness (QED) is 0.869. The van der Waals surface area contributed by atoms with Gasteiger partial charge in [-0.2, -0.15) is 18.2 Å². The van der Waals surface area contributed by atoms with Crippen molar-refractivity contribution in [1.29, 1.82) is 0 Å². The van der Waals surface area contributed by atoms with Crippen molar-refractivity contribution in [2.24, 2.45) is 0 Å². The molecule has 21 heavy (non-hydrogen) atoms. The highest BCUT2D eigenvalue weighted by molar-refractivity contribution is 6.30. The Morgan fingerprint density at radius 1 is 1.10 bits per heavy atom. The summed E-state index contributed by atoms with van der Waals surface area (Å²) in [5.74, 6) is 0.0322. The number of alkyl halides is 3. The number of halogens is 4. The van der Waals surface area contributed by atoms with Gasteiger partial charge in [-0.25, -0.2) is 9.97 Å². The van der Waals surface area contributed by atoms with Crippen LogP contribution >= 0.6 is 11.6 Å². The zero-order valence-electron chi connectivity index (χ0n) is 10.9. The number of rotatable bonds is 3. The molecule has 0 aliphatic heterocycles. The molecule has 0 aromatic carbocycles. The molecule has 0 unspecified atom stereocenters. The standard InChI is InChI=1S/C12H9ClF3N3O2/c1-20-10-7(5-17-11(19-10)21-2)8-3-6(13)4-9(18-8)12(14,15)16/h3-5H,1-2H3. The third kappa shape index (κ3) is 3.33. The molecule has 0 amide bonds. The predicted octanol–water partition coefficient (Wildman–Crippen LogP) is 3.23. The van der Waals surface area contributed by atoms with Crippen LogP contribution in [0.25, 0.3) is 11.3 Å². The minimum atomic E-state index is -4.61. The van der Waals surface area contributed by atoms with E-state index in [0.29, 0.717) is 0 Å². The van der Waals surface area contributed by atoms with Crippen molar-refractivity contribution in [2.45, 2.75) is 6.18 Å². The Kier molecular flexibility index (Phi) is 4.17. The van der Waals surface area contributed by atoms with Crippen LogP contribution in [0.2, 0.25) is 5.02 Å². The fourth-order valence-corrected chi connectivity index (χ4v) is 1.77. The second-order valence-electron chi connectivity index (χ2n) is 3.83. The smallest absolute Gasteiger partial charge is 0.433 e. The van der Waals surface area contributed by atoms with Gasteiger partial charge in [-0.1, -0.05) is 11.6 Å². The van der Waals surface area contributed by atoms with Gasteiger partial charge in [0.05, 0.1) is 25.5 Å². The van der Waals surface area contributed by atoms with Gasteiger partial charge in [0.2, 0.25) is 5.88 Å².